The van der Waals surface area contributed by atoms with Crippen LogP contribution in [0.25, 0.3) is 11.0 Å². The summed E-state index contributed by atoms with van der Waals surface area (Å²) in [5, 5.41) is 3.19. The monoisotopic (exact) mass is 685 g/mol. The average Bonchev–Trinajstić information content (AvgIpc) is 3.69. The Morgan fingerprint density at radius 3 is 2.73 bits per heavy atom. The van der Waals surface area contributed by atoms with E-state index in [2.05, 4.69) is 19.8 Å². The number of esters is 1. The second kappa shape index (κ2) is 11.6. The fourth-order valence-electron chi connectivity index (χ4n) is 8.19. The summed E-state index contributed by atoms with van der Waals surface area (Å²) in [6.07, 6.45) is 0.636. The van der Waals surface area contributed by atoms with E-state index in [9.17, 15) is 9.59 Å². The van der Waals surface area contributed by atoms with Gasteiger partial charge in [-0.1, -0.05) is 47.5 Å². The molecule has 0 unspecified atom stereocenters. The van der Waals surface area contributed by atoms with Crippen molar-refractivity contribution in [1.82, 2.24) is 19.4 Å². The van der Waals surface area contributed by atoms with Crippen LogP contribution in [-0.4, -0.2) is 51.1 Å². The molecule has 3 aromatic carbocycles. The molecule has 1 spiro atoms. The molecule has 48 heavy (non-hydrogen) atoms. The minimum absolute atomic E-state index is 0.0399. The molecule has 4 atom stereocenters. The zero-order valence-electron chi connectivity index (χ0n) is 26.0. The zero-order valence-corrected chi connectivity index (χ0v) is 27.6. The summed E-state index contributed by atoms with van der Waals surface area (Å²) in [4.78, 5) is 39.0. The van der Waals surface area contributed by atoms with Crippen molar-refractivity contribution < 1.29 is 23.5 Å². The number of hydrogen-bond acceptors (Lipinski definition) is 7. The van der Waals surface area contributed by atoms with Gasteiger partial charge in [-0.25, -0.2) is 19.2 Å². The molecule has 5 heterocycles. The maximum absolute atomic E-state index is 16.5. The Morgan fingerprint density at radius 2 is 1.92 bits per heavy atom. The summed E-state index contributed by atoms with van der Waals surface area (Å²) in [6.45, 7) is 3.38. The van der Waals surface area contributed by atoms with Gasteiger partial charge in [0, 0.05) is 36.5 Å². The van der Waals surface area contributed by atoms with Crippen molar-refractivity contribution in [2.45, 2.75) is 49.9 Å². The number of nitrogens with one attached hydrogen (secondary N) is 1. The number of halogens is 3. The van der Waals surface area contributed by atoms with E-state index in [0.29, 0.717) is 65.7 Å². The van der Waals surface area contributed by atoms with E-state index < -0.39 is 29.2 Å². The first-order chi connectivity index (χ1) is 23.3. The number of methoxy groups -OCH3 is 1. The van der Waals surface area contributed by atoms with Gasteiger partial charge in [0.05, 0.1) is 35.3 Å². The highest BCUT2D eigenvalue weighted by Gasteiger charge is 2.69. The first-order valence-corrected chi connectivity index (χ1v) is 16.5. The number of anilines is 1. The maximum Gasteiger partial charge on any atom is 0.337 e. The van der Waals surface area contributed by atoms with Crippen molar-refractivity contribution in [1.29, 1.82) is 0 Å². The molecule has 8 rings (SSSR count). The number of pyridine rings is 1. The summed E-state index contributed by atoms with van der Waals surface area (Å²) in [6, 6.07) is 21.2. The third kappa shape index (κ3) is 4.46. The molecule has 0 radical (unpaired) electrons. The van der Waals surface area contributed by atoms with E-state index >= 15 is 4.39 Å². The number of likely N-dealkylation sites (tertiary alicyclic amines) is 1. The lowest BCUT2D eigenvalue weighted by atomic mass is 9.70. The first kappa shape index (κ1) is 30.8. The van der Waals surface area contributed by atoms with Gasteiger partial charge in [-0.05, 0) is 73.0 Å². The number of ether oxygens (including phenoxy) is 2. The number of amides is 1. The molecule has 1 saturated heterocycles. The van der Waals surface area contributed by atoms with Crippen LogP contribution in [0.4, 0.5) is 10.2 Å². The van der Waals surface area contributed by atoms with Crippen LogP contribution in [-0.2, 0) is 28.2 Å². The molecule has 0 aliphatic carbocycles. The molecule has 0 saturated carbocycles. The maximum atomic E-state index is 16.5. The van der Waals surface area contributed by atoms with Gasteiger partial charge in [-0.2, -0.15) is 0 Å². The fourth-order valence-corrected chi connectivity index (χ4v) is 8.52. The lowest BCUT2D eigenvalue weighted by molar-refractivity contribution is -0.128. The van der Waals surface area contributed by atoms with Crippen LogP contribution in [0, 0.1) is 5.82 Å². The Morgan fingerprint density at radius 1 is 1.08 bits per heavy atom. The molecular weight excluding hydrogens is 656 g/mol. The van der Waals surface area contributed by atoms with Crippen LogP contribution in [0.1, 0.15) is 58.1 Å². The van der Waals surface area contributed by atoms with Crippen molar-refractivity contribution >= 4 is 51.9 Å². The Balaban J connectivity index is 1.41. The van der Waals surface area contributed by atoms with Crippen molar-refractivity contribution in [3.63, 3.8) is 0 Å². The number of fused-ring (bicyclic) bond motifs is 7. The number of aromatic nitrogens is 3. The highest BCUT2D eigenvalue weighted by Crippen LogP contribution is 2.64. The Bertz CT molecular complexity index is 2140. The van der Waals surface area contributed by atoms with E-state index in [4.69, 9.17) is 37.7 Å². The highest BCUT2D eigenvalue weighted by atomic mass is 35.5. The Hall–Kier alpha value is -4.51. The van der Waals surface area contributed by atoms with Crippen LogP contribution in [0.5, 0.6) is 5.75 Å². The predicted octanol–water partition coefficient (Wildman–Crippen LogP) is 7.07. The molecule has 1 N–H and O–H groups in total. The Labute approximate surface area is 285 Å². The minimum Gasteiger partial charge on any atom is -0.494 e. The largest absolute Gasteiger partial charge is 0.494 e. The predicted molar refractivity (Wildman–Crippen MR) is 179 cm³/mol. The number of aryl methyl sites for hydroxylation is 1. The molecule has 1 amide bonds. The Kier molecular flexibility index (Phi) is 7.43. The summed E-state index contributed by atoms with van der Waals surface area (Å²) >= 11 is 12.8. The number of rotatable bonds is 6. The van der Waals surface area contributed by atoms with E-state index in [1.807, 2.05) is 43.3 Å². The zero-order chi connectivity index (χ0) is 33.3. The van der Waals surface area contributed by atoms with Gasteiger partial charge in [0.2, 0.25) is 0 Å². The van der Waals surface area contributed by atoms with Gasteiger partial charge in [0.1, 0.15) is 33.9 Å². The van der Waals surface area contributed by atoms with Gasteiger partial charge < -0.3 is 19.4 Å². The van der Waals surface area contributed by atoms with Gasteiger partial charge >= 0.3 is 5.97 Å². The van der Waals surface area contributed by atoms with Crippen LogP contribution in [0.15, 0.2) is 72.8 Å². The second-order valence-electron chi connectivity index (χ2n) is 12.3. The fraction of sp³-hybridized carbons (Fsp3) is 0.278. The minimum atomic E-state index is -1.42. The SMILES string of the molecule is CCOc1cccc(CN2[C@H]3CCn4c(nc5cc(C(=O)OC)ccc54)[C@H]3[C@H](c3cccc(Cl)c3F)[C@]23C(=O)Nc2nc(Cl)ccc23)c1. The number of nitrogens with zero attached hydrogens (tertiary/aromatic N) is 4. The lowest BCUT2D eigenvalue weighted by Gasteiger charge is -2.39. The quantitative estimate of drug-likeness (QED) is 0.151. The van der Waals surface area contributed by atoms with Crippen LogP contribution in [0.3, 0.4) is 0 Å². The van der Waals surface area contributed by atoms with E-state index in [0.717, 1.165) is 11.1 Å². The number of hydrogen-bond donors (Lipinski definition) is 1. The molecule has 9 nitrogen and oxygen atoms in total. The summed E-state index contributed by atoms with van der Waals surface area (Å²) in [5.74, 6) is -0.892. The topological polar surface area (TPSA) is 98.6 Å². The van der Waals surface area contributed by atoms with Crippen LogP contribution >= 0.6 is 23.2 Å². The van der Waals surface area contributed by atoms with Gasteiger partial charge in [0.15, 0.2) is 0 Å². The van der Waals surface area contributed by atoms with E-state index in [1.165, 1.54) is 13.2 Å². The van der Waals surface area contributed by atoms with Crippen LogP contribution < -0.4 is 10.1 Å². The summed E-state index contributed by atoms with van der Waals surface area (Å²) in [7, 11) is 1.34. The molecule has 2 aromatic heterocycles. The van der Waals surface area contributed by atoms with Gasteiger partial charge in [0.25, 0.3) is 5.91 Å². The smallest absolute Gasteiger partial charge is 0.337 e. The number of benzene rings is 3. The van der Waals surface area contributed by atoms with Crippen molar-refractivity contribution in [2.75, 3.05) is 19.0 Å². The van der Waals surface area contributed by atoms with Gasteiger partial charge in [-0.3, -0.25) is 9.69 Å². The number of carbonyl (C=O) groups is 2. The number of carbonyl (C=O) groups excluding carboxylic acids is 2. The molecule has 1 fully saturated rings. The molecule has 3 aliphatic rings. The normalized spacial score (nSPS) is 22.8. The molecule has 12 heteroatoms. The molecule has 244 valence electrons. The third-order valence-corrected chi connectivity index (χ3v) is 10.5. The van der Waals surface area contributed by atoms with Crippen LogP contribution in [0.2, 0.25) is 10.2 Å². The van der Waals surface area contributed by atoms with Crippen molar-refractivity contribution in [3.05, 3.63) is 117 Å². The van der Waals surface area contributed by atoms with E-state index in [-0.39, 0.29) is 22.1 Å². The second-order valence-corrected chi connectivity index (χ2v) is 13.1. The standard InChI is InChI=1S/C36H30Cl2FN5O4/c1-3-48-21-7-4-6-19(16-21)18-44-27-14-15-43-26-12-10-20(34(45)47-2)17-25(26)40-33(43)29(27)30(22-8-5-9-24(37)31(22)39)36(44)23-11-13-28(38)41-32(23)42-35(36)46/h4-13,16-17,27,29-30H,3,14-15,18H2,1-2H3,(H,41,42,46)/t27-,29+,30-,36+/m0/s1. The highest BCUT2D eigenvalue weighted by molar-refractivity contribution is 6.31. The third-order valence-electron chi connectivity index (χ3n) is 9.95. The molecule has 0 bridgehead atoms. The van der Waals surface area contributed by atoms with Crippen molar-refractivity contribution in [2.24, 2.45) is 0 Å². The lowest BCUT2D eigenvalue weighted by Crippen LogP contribution is -2.51. The summed E-state index contributed by atoms with van der Waals surface area (Å²) < 4.78 is 29.4. The summed E-state index contributed by atoms with van der Waals surface area (Å²) in [5.41, 5.74) is 2.24. The molecule has 5 aromatic rings. The number of imidazole rings is 1. The van der Waals surface area contributed by atoms with Gasteiger partial charge in [-0.15, -0.1) is 0 Å². The molecule has 3 aliphatic heterocycles. The first-order valence-electron chi connectivity index (χ1n) is 15.8. The van der Waals surface area contributed by atoms with Crippen molar-refractivity contribution in [3.8, 4) is 5.75 Å². The van der Waals surface area contributed by atoms with E-state index in [1.54, 1.807) is 30.3 Å². The average molecular weight is 687 g/mol. The molecular formula is C36H30Cl2FN5O4.